The van der Waals surface area contributed by atoms with Crippen molar-refractivity contribution >= 4 is 28.6 Å². The lowest BCUT2D eigenvalue weighted by Gasteiger charge is -2.25. The molecule has 0 atom stereocenters. The lowest BCUT2D eigenvalue weighted by molar-refractivity contribution is -0.142. The van der Waals surface area contributed by atoms with Crippen LogP contribution in [0.5, 0.6) is 0 Å². The van der Waals surface area contributed by atoms with E-state index >= 15 is 0 Å². The molecular weight excluding hydrogens is 379 g/mol. The van der Waals surface area contributed by atoms with E-state index in [-0.39, 0.29) is 18.0 Å². The van der Waals surface area contributed by atoms with Crippen LogP contribution in [0.25, 0.3) is 0 Å². The third-order valence-electron chi connectivity index (χ3n) is 3.02. The second-order valence-corrected chi connectivity index (χ2v) is 6.32. The van der Waals surface area contributed by atoms with Gasteiger partial charge < -0.3 is 9.47 Å². The van der Waals surface area contributed by atoms with Gasteiger partial charge in [0.05, 0.1) is 25.2 Å². The number of hydrogen-bond acceptors (Lipinski definition) is 3. The van der Waals surface area contributed by atoms with E-state index in [1.165, 1.54) is 5.56 Å². The summed E-state index contributed by atoms with van der Waals surface area (Å²) in [5.41, 5.74) is 0.876. The van der Waals surface area contributed by atoms with Crippen LogP contribution in [0.3, 0.4) is 0 Å². The molecule has 0 spiro atoms. The third kappa shape index (κ3) is 7.09. The Hall–Kier alpha value is -0.880. The first-order chi connectivity index (χ1) is 9.95. The second kappa shape index (κ2) is 9.20. The van der Waals surface area contributed by atoms with Gasteiger partial charge in [0.1, 0.15) is 0 Å². The highest BCUT2D eigenvalue weighted by Crippen LogP contribution is 2.27. The van der Waals surface area contributed by atoms with Crippen molar-refractivity contribution in [2.45, 2.75) is 39.2 Å². The zero-order valence-electron chi connectivity index (χ0n) is 12.9. The van der Waals surface area contributed by atoms with E-state index in [0.717, 1.165) is 10.0 Å². The molecule has 0 bridgehead atoms. The van der Waals surface area contributed by atoms with E-state index in [0.29, 0.717) is 13.2 Å². The second-order valence-electron chi connectivity index (χ2n) is 5.16. The molecule has 0 aliphatic carbocycles. The van der Waals surface area contributed by atoms with Gasteiger partial charge in [0.25, 0.3) is 0 Å². The molecule has 0 N–H and O–H groups in total. The number of benzene rings is 1. The predicted molar refractivity (Wildman–Crippen MR) is 93.5 cm³/mol. The molecule has 0 saturated carbocycles. The molecule has 21 heavy (non-hydrogen) atoms. The zero-order valence-corrected chi connectivity index (χ0v) is 15.1. The van der Waals surface area contributed by atoms with E-state index in [2.05, 4.69) is 34.7 Å². The van der Waals surface area contributed by atoms with Crippen molar-refractivity contribution in [2.75, 3.05) is 13.2 Å². The summed E-state index contributed by atoms with van der Waals surface area (Å²) in [5.74, 6) is -0.202. The minimum atomic E-state index is -0.387. The summed E-state index contributed by atoms with van der Waals surface area (Å²) in [6, 6.07) is 10.3. The third-order valence-corrected chi connectivity index (χ3v) is 4.76. The smallest absolute Gasteiger partial charge is 0.309 e. The molecule has 0 aromatic heterocycles. The summed E-state index contributed by atoms with van der Waals surface area (Å²) in [7, 11) is 0. The normalized spacial score (nSPS) is 12.3. The van der Waals surface area contributed by atoms with Crippen LogP contribution in [0.2, 0.25) is 0 Å². The van der Waals surface area contributed by atoms with Crippen LogP contribution in [0, 0.1) is 0 Å². The average molecular weight is 402 g/mol. The highest BCUT2D eigenvalue weighted by Gasteiger charge is 2.22. The van der Waals surface area contributed by atoms with Gasteiger partial charge in [0.15, 0.2) is 0 Å². The first-order valence-electron chi connectivity index (χ1n) is 7.15. The molecule has 1 aromatic rings. The Bertz CT molecular complexity index is 466. The summed E-state index contributed by atoms with van der Waals surface area (Å²) in [6.45, 7) is 6.91. The Labute approximate surface area is 140 Å². The Balaban J connectivity index is 2.44. The summed E-state index contributed by atoms with van der Waals surface area (Å²) < 4.78 is 11.9. The molecule has 0 amide bonds. The van der Waals surface area contributed by atoms with Crippen molar-refractivity contribution in [2.24, 2.45) is 0 Å². The standard InChI is InChI=1S/C17H23IO3/c1-4-20-16(19)11-10-15(18)17(2,3)21-13-12-14-8-6-5-7-9-14/h5-10H,4,11-13H2,1-3H3/b15-10-. The van der Waals surface area contributed by atoms with Crippen LogP contribution < -0.4 is 0 Å². The Morgan fingerprint density at radius 2 is 1.95 bits per heavy atom. The number of rotatable bonds is 8. The maximum atomic E-state index is 11.4. The molecule has 0 aliphatic rings. The lowest BCUT2D eigenvalue weighted by Crippen LogP contribution is -2.26. The van der Waals surface area contributed by atoms with Gasteiger partial charge in [0, 0.05) is 3.58 Å². The van der Waals surface area contributed by atoms with Crippen LogP contribution >= 0.6 is 22.6 Å². The van der Waals surface area contributed by atoms with Gasteiger partial charge in [-0.1, -0.05) is 36.4 Å². The lowest BCUT2D eigenvalue weighted by atomic mass is 10.1. The molecule has 1 aromatic carbocycles. The van der Waals surface area contributed by atoms with Crippen molar-refractivity contribution in [3.8, 4) is 0 Å². The molecule has 3 nitrogen and oxygen atoms in total. The molecular formula is C17H23IO3. The van der Waals surface area contributed by atoms with Gasteiger partial charge >= 0.3 is 5.97 Å². The Kier molecular flexibility index (Phi) is 7.96. The van der Waals surface area contributed by atoms with E-state index in [9.17, 15) is 4.79 Å². The highest BCUT2D eigenvalue weighted by atomic mass is 127. The zero-order chi connectivity index (χ0) is 15.7. The molecule has 0 aliphatic heterocycles. The fourth-order valence-electron chi connectivity index (χ4n) is 1.78. The summed E-state index contributed by atoms with van der Waals surface area (Å²) >= 11 is 2.23. The first kappa shape index (κ1) is 18.2. The highest BCUT2D eigenvalue weighted by molar-refractivity contribution is 14.1. The van der Waals surface area contributed by atoms with Gasteiger partial charge in [-0.3, -0.25) is 4.79 Å². The molecule has 0 heterocycles. The number of hydrogen-bond donors (Lipinski definition) is 0. The minimum Gasteiger partial charge on any atom is -0.466 e. The maximum Gasteiger partial charge on any atom is 0.309 e. The van der Waals surface area contributed by atoms with Crippen molar-refractivity contribution in [1.29, 1.82) is 0 Å². The number of esters is 1. The van der Waals surface area contributed by atoms with E-state index < -0.39 is 0 Å². The molecule has 0 fully saturated rings. The van der Waals surface area contributed by atoms with Crippen molar-refractivity contribution in [3.05, 3.63) is 45.6 Å². The first-order valence-corrected chi connectivity index (χ1v) is 8.23. The van der Waals surface area contributed by atoms with Crippen LogP contribution in [0.4, 0.5) is 0 Å². The summed E-state index contributed by atoms with van der Waals surface area (Å²) in [6.07, 6.45) is 3.05. The van der Waals surface area contributed by atoms with Crippen LogP contribution in [-0.2, 0) is 20.7 Å². The van der Waals surface area contributed by atoms with E-state index in [4.69, 9.17) is 9.47 Å². The van der Waals surface area contributed by atoms with Crippen molar-refractivity contribution in [1.82, 2.24) is 0 Å². The van der Waals surface area contributed by atoms with Gasteiger partial charge in [-0.15, -0.1) is 0 Å². The van der Waals surface area contributed by atoms with Crippen LogP contribution in [-0.4, -0.2) is 24.8 Å². The van der Waals surface area contributed by atoms with Crippen LogP contribution in [0.1, 0.15) is 32.8 Å². The van der Waals surface area contributed by atoms with Gasteiger partial charge in [-0.05, 0) is 55.3 Å². The Morgan fingerprint density at radius 3 is 2.57 bits per heavy atom. The fraction of sp³-hybridized carbons (Fsp3) is 0.471. The van der Waals surface area contributed by atoms with Gasteiger partial charge in [-0.25, -0.2) is 0 Å². The minimum absolute atomic E-state index is 0.202. The number of ether oxygens (including phenoxy) is 2. The van der Waals surface area contributed by atoms with Gasteiger partial charge in [-0.2, -0.15) is 0 Å². The largest absolute Gasteiger partial charge is 0.466 e. The summed E-state index contributed by atoms with van der Waals surface area (Å²) in [4.78, 5) is 11.4. The monoisotopic (exact) mass is 402 g/mol. The fourth-order valence-corrected chi connectivity index (χ4v) is 2.15. The molecule has 1 rings (SSSR count). The SMILES string of the molecule is CCOC(=O)C/C=C(\I)C(C)(C)OCCc1ccccc1. The maximum absolute atomic E-state index is 11.4. The topological polar surface area (TPSA) is 35.5 Å². The number of carbonyl (C=O) groups is 1. The van der Waals surface area contributed by atoms with Crippen molar-refractivity contribution < 1.29 is 14.3 Å². The quantitative estimate of drug-likeness (QED) is 0.481. The number of carbonyl (C=O) groups excluding carboxylic acids is 1. The summed E-state index contributed by atoms with van der Waals surface area (Å²) in [5, 5.41) is 0. The molecule has 0 saturated heterocycles. The van der Waals surface area contributed by atoms with Crippen LogP contribution in [0.15, 0.2) is 40.0 Å². The van der Waals surface area contributed by atoms with E-state index in [1.54, 1.807) is 0 Å². The molecule has 0 unspecified atom stereocenters. The van der Waals surface area contributed by atoms with Crippen molar-refractivity contribution in [3.63, 3.8) is 0 Å². The molecule has 0 radical (unpaired) electrons. The predicted octanol–water partition coefficient (Wildman–Crippen LogP) is 4.30. The number of halogens is 1. The van der Waals surface area contributed by atoms with E-state index in [1.807, 2.05) is 45.0 Å². The van der Waals surface area contributed by atoms with Gasteiger partial charge in [0.2, 0.25) is 0 Å². The Morgan fingerprint density at radius 1 is 1.29 bits per heavy atom. The average Bonchev–Trinajstić information content (AvgIpc) is 2.46. The molecule has 116 valence electrons. The molecule has 4 heteroatoms.